The minimum atomic E-state index is -3.47. The highest BCUT2D eigenvalue weighted by Gasteiger charge is 2.35. The van der Waals surface area contributed by atoms with Gasteiger partial charge < -0.3 is 5.11 Å². The molecule has 0 atom stereocenters. The fourth-order valence-corrected chi connectivity index (χ4v) is 6.52. The van der Waals surface area contributed by atoms with Crippen LogP contribution in [0.2, 0.25) is 0 Å². The third kappa shape index (κ3) is 3.21. The molecule has 1 aliphatic rings. The molecule has 19 heavy (non-hydrogen) atoms. The zero-order chi connectivity index (χ0) is 14.3. The number of hydrogen-bond acceptors (Lipinski definition) is 4. The van der Waals surface area contributed by atoms with Gasteiger partial charge in [0.2, 0.25) is 10.0 Å². The Morgan fingerprint density at radius 1 is 1.53 bits per heavy atom. The van der Waals surface area contributed by atoms with Gasteiger partial charge in [-0.25, -0.2) is 8.42 Å². The Balaban J connectivity index is 2.34. The fourth-order valence-electron chi connectivity index (χ4n) is 2.37. The Bertz CT molecular complexity index is 566. The number of rotatable bonds is 3. The smallest absolute Gasteiger partial charge is 0.245 e. The number of hydrogen-bond donors (Lipinski definition) is 1. The molecule has 0 spiro atoms. The van der Waals surface area contributed by atoms with E-state index in [1.165, 1.54) is 11.3 Å². The van der Waals surface area contributed by atoms with Crippen molar-refractivity contribution >= 4 is 37.3 Å². The van der Waals surface area contributed by atoms with Crippen molar-refractivity contribution in [1.29, 1.82) is 0 Å². The third-order valence-corrected chi connectivity index (χ3v) is 7.43. The summed E-state index contributed by atoms with van der Waals surface area (Å²) in [5, 5.41) is 9.12. The number of aliphatic hydroxyl groups is 1. The molecule has 2 heterocycles. The van der Waals surface area contributed by atoms with E-state index in [0.717, 1.165) is 12.8 Å². The van der Waals surface area contributed by atoms with E-state index >= 15 is 0 Å². The Hall–Kier alpha value is 0.0500. The second-order valence-corrected chi connectivity index (χ2v) is 9.98. The van der Waals surface area contributed by atoms with E-state index in [4.69, 9.17) is 5.11 Å². The summed E-state index contributed by atoms with van der Waals surface area (Å²) in [6.45, 7) is 5.17. The van der Waals surface area contributed by atoms with Crippen LogP contribution < -0.4 is 0 Å². The van der Waals surface area contributed by atoms with Crippen molar-refractivity contribution < 1.29 is 13.5 Å². The molecule has 0 amide bonds. The van der Waals surface area contributed by atoms with Crippen molar-refractivity contribution in [3.63, 3.8) is 0 Å². The van der Waals surface area contributed by atoms with E-state index in [2.05, 4.69) is 29.8 Å². The quantitative estimate of drug-likeness (QED) is 0.893. The van der Waals surface area contributed by atoms with Crippen molar-refractivity contribution in [2.24, 2.45) is 5.41 Å². The van der Waals surface area contributed by atoms with Crippen molar-refractivity contribution in [1.82, 2.24) is 4.31 Å². The Morgan fingerprint density at radius 3 is 2.74 bits per heavy atom. The number of aliphatic hydroxyl groups excluding tert-OH is 1. The van der Waals surface area contributed by atoms with E-state index in [0.29, 0.717) is 21.8 Å². The van der Waals surface area contributed by atoms with Gasteiger partial charge in [-0.15, -0.1) is 11.3 Å². The average Bonchev–Trinajstić information content (AvgIpc) is 2.70. The molecule has 2 rings (SSSR count). The largest absolute Gasteiger partial charge is 0.391 e. The maximum atomic E-state index is 12.6. The van der Waals surface area contributed by atoms with Gasteiger partial charge in [0, 0.05) is 18.0 Å². The van der Waals surface area contributed by atoms with Crippen LogP contribution in [0.5, 0.6) is 0 Å². The minimum Gasteiger partial charge on any atom is -0.391 e. The molecule has 1 N–H and O–H groups in total. The molecule has 1 saturated heterocycles. The van der Waals surface area contributed by atoms with Crippen LogP contribution in [-0.2, 0) is 16.6 Å². The highest BCUT2D eigenvalue weighted by Crippen LogP contribution is 2.37. The third-order valence-electron chi connectivity index (χ3n) is 3.35. The minimum absolute atomic E-state index is 0.0215. The van der Waals surface area contributed by atoms with Crippen LogP contribution in [0, 0.1) is 5.41 Å². The fraction of sp³-hybridized carbons (Fsp3) is 0.667. The molecule has 0 unspecified atom stereocenters. The van der Waals surface area contributed by atoms with Gasteiger partial charge in [-0.1, -0.05) is 13.8 Å². The molecular weight excluding hydrogens is 350 g/mol. The maximum Gasteiger partial charge on any atom is 0.245 e. The van der Waals surface area contributed by atoms with E-state index in [-0.39, 0.29) is 16.9 Å². The summed E-state index contributed by atoms with van der Waals surface area (Å²) in [6.07, 6.45) is 1.94. The highest BCUT2D eigenvalue weighted by atomic mass is 79.9. The second-order valence-electron chi connectivity index (χ2n) is 5.62. The molecule has 0 bridgehead atoms. The number of thiophene rings is 1. The van der Waals surface area contributed by atoms with Gasteiger partial charge in [0.15, 0.2) is 0 Å². The van der Waals surface area contributed by atoms with Crippen LogP contribution in [0.1, 0.15) is 31.6 Å². The molecule has 0 aliphatic carbocycles. The number of nitrogens with zero attached hydrogens (tertiary/aromatic N) is 1. The predicted molar refractivity (Wildman–Crippen MR) is 79.7 cm³/mol. The lowest BCUT2D eigenvalue weighted by Crippen LogP contribution is -2.43. The molecular formula is C12H18BrNO3S2. The first kappa shape index (κ1) is 15.4. The molecule has 1 aromatic rings. The lowest BCUT2D eigenvalue weighted by Gasteiger charge is -2.37. The second kappa shape index (κ2) is 5.44. The number of sulfonamides is 1. The average molecular weight is 368 g/mol. The monoisotopic (exact) mass is 367 g/mol. The van der Waals surface area contributed by atoms with Gasteiger partial charge in [0.25, 0.3) is 0 Å². The summed E-state index contributed by atoms with van der Waals surface area (Å²) in [5.74, 6) is 0. The first-order chi connectivity index (χ1) is 8.76. The lowest BCUT2D eigenvalue weighted by atomic mass is 9.85. The van der Waals surface area contributed by atoms with Crippen LogP contribution in [0.25, 0.3) is 0 Å². The van der Waals surface area contributed by atoms with Gasteiger partial charge in [-0.2, -0.15) is 4.31 Å². The van der Waals surface area contributed by atoms with E-state index < -0.39 is 10.0 Å². The molecule has 7 heteroatoms. The summed E-state index contributed by atoms with van der Waals surface area (Å²) >= 11 is 4.56. The summed E-state index contributed by atoms with van der Waals surface area (Å²) in [4.78, 5) is 0.931. The van der Waals surface area contributed by atoms with E-state index in [1.54, 1.807) is 10.4 Å². The zero-order valence-electron chi connectivity index (χ0n) is 11.0. The summed E-state index contributed by atoms with van der Waals surface area (Å²) in [5.41, 5.74) is 0.0215. The molecule has 0 radical (unpaired) electrons. The van der Waals surface area contributed by atoms with Crippen LogP contribution in [0.15, 0.2) is 14.7 Å². The van der Waals surface area contributed by atoms with E-state index in [9.17, 15) is 8.42 Å². The van der Waals surface area contributed by atoms with Crippen LogP contribution in [0.4, 0.5) is 0 Å². The van der Waals surface area contributed by atoms with Crippen LogP contribution in [-0.4, -0.2) is 30.9 Å². The Kier molecular flexibility index (Phi) is 4.42. The summed E-state index contributed by atoms with van der Waals surface area (Å²) in [7, 11) is -3.47. The first-order valence-electron chi connectivity index (χ1n) is 6.15. The topological polar surface area (TPSA) is 57.6 Å². The van der Waals surface area contributed by atoms with Crippen molar-refractivity contribution in [2.45, 2.75) is 38.2 Å². The van der Waals surface area contributed by atoms with Crippen molar-refractivity contribution in [3.8, 4) is 0 Å². The van der Waals surface area contributed by atoms with Gasteiger partial charge in [-0.05, 0) is 40.3 Å². The first-order valence-corrected chi connectivity index (χ1v) is 9.20. The zero-order valence-corrected chi connectivity index (χ0v) is 14.2. The van der Waals surface area contributed by atoms with Crippen LogP contribution in [0.3, 0.4) is 0 Å². The SMILES string of the molecule is CC1(C)CCCN(S(=O)(=O)c2cc(CO)sc2Br)C1. The Labute approximate surface area is 126 Å². The van der Waals surface area contributed by atoms with Crippen molar-refractivity contribution in [3.05, 3.63) is 14.7 Å². The number of piperidine rings is 1. The number of halogens is 1. The van der Waals surface area contributed by atoms with Gasteiger partial charge in [-0.3, -0.25) is 0 Å². The predicted octanol–water partition coefficient (Wildman–Crippen LogP) is 2.81. The molecule has 0 saturated carbocycles. The normalized spacial score (nSPS) is 20.6. The van der Waals surface area contributed by atoms with Gasteiger partial charge in [0.05, 0.1) is 10.4 Å². The molecule has 1 aliphatic heterocycles. The molecule has 1 aromatic heterocycles. The van der Waals surface area contributed by atoms with Crippen molar-refractivity contribution in [2.75, 3.05) is 13.1 Å². The maximum absolute atomic E-state index is 12.6. The standard InChI is InChI=1S/C12H18BrNO3S2/c1-12(2)4-3-5-14(8-12)19(16,17)10-6-9(7-15)18-11(10)13/h6,15H,3-5,7-8H2,1-2H3. The highest BCUT2D eigenvalue weighted by molar-refractivity contribution is 9.11. The van der Waals surface area contributed by atoms with Gasteiger partial charge in [0.1, 0.15) is 4.90 Å². The molecule has 108 valence electrons. The van der Waals surface area contributed by atoms with Crippen LogP contribution >= 0.6 is 27.3 Å². The molecule has 0 aromatic carbocycles. The Morgan fingerprint density at radius 2 is 2.21 bits per heavy atom. The van der Waals surface area contributed by atoms with Gasteiger partial charge >= 0.3 is 0 Å². The van der Waals surface area contributed by atoms with E-state index in [1.807, 2.05) is 0 Å². The molecule has 4 nitrogen and oxygen atoms in total. The lowest BCUT2D eigenvalue weighted by molar-refractivity contribution is 0.187. The summed E-state index contributed by atoms with van der Waals surface area (Å²) < 4.78 is 27.4. The molecule has 1 fully saturated rings. The summed E-state index contributed by atoms with van der Waals surface area (Å²) in [6, 6.07) is 1.56.